The summed E-state index contributed by atoms with van der Waals surface area (Å²) in [5.41, 5.74) is 0. The minimum Gasteiger partial charge on any atom is -0.490 e. The SMILES string of the molecule is CC1CC(Oc2ccc(Cl)cc2)CCN1C(=O)O. The summed E-state index contributed by atoms with van der Waals surface area (Å²) in [6.45, 7) is 2.43. The predicted molar refractivity (Wildman–Crippen MR) is 69.3 cm³/mol. The van der Waals surface area contributed by atoms with Crippen LogP contribution >= 0.6 is 11.6 Å². The molecule has 2 atom stereocenters. The molecule has 2 rings (SSSR count). The molecule has 0 saturated carbocycles. The molecule has 1 aromatic carbocycles. The minimum absolute atomic E-state index is 0.00597. The zero-order valence-corrected chi connectivity index (χ0v) is 10.9. The number of halogens is 1. The van der Waals surface area contributed by atoms with Gasteiger partial charge in [-0.25, -0.2) is 4.79 Å². The van der Waals surface area contributed by atoms with Gasteiger partial charge in [-0.3, -0.25) is 0 Å². The van der Waals surface area contributed by atoms with Crippen LogP contribution in [0.15, 0.2) is 24.3 Å². The van der Waals surface area contributed by atoms with Crippen LogP contribution < -0.4 is 4.74 Å². The lowest BCUT2D eigenvalue weighted by atomic mass is 10.0. The van der Waals surface area contributed by atoms with Gasteiger partial charge < -0.3 is 14.7 Å². The summed E-state index contributed by atoms with van der Waals surface area (Å²) in [5.74, 6) is 0.778. The normalized spacial score (nSPS) is 23.8. The lowest BCUT2D eigenvalue weighted by Gasteiger charge is -2.35. The molecule has 18 heavy (non-hydrogen) atoms. The molecule has 1 amide bonds. The number of nitrogens with zero attached hydrogens (tertiary/aromatic N) is 1. The monoisotopic (exact) mass is 269 g/mol. The summed E-state index contributed by atoms with van der Waals surface area (Å²) in [6, 6.07) is 7.22. The number of piperidine rings is 1. The maximum absolute atomic E-state index is 10.9. The van der Waals surface area contributed by atoms with Crippen molar-refractivity contribution in [2.45, 2.75) is 31.9 Å². The molecule has 0 aliphatic carbocycles. The molecule has 0 bridgehead atoms. The first-order chi connectivity index (χ1) is 8.56. The van der Waals surface area contributed by atoms with Crippen LogP contribution in [0.5, 0.6) is 5.75 Å². The van der Waals surface area contributed by atoms with Crippen molar-refractivity contribution in [1.29, 1.82) is 0 Å². The second kappa shape index (κ2) is 5.48. The average molecular weight is 270 g/mol. The van der Waals surface area contributed by atoms with Crippen LogP contribution in [0.4, 0.5) is 4.79 Å². The number of rotatable bonds is 2. The van der Waals surface area contributed by atoms with Crippen molar-refractivity contribution in [2.24, 2.45) is 0 Å². The molecule has 1 aromatic rings. The molecule has 1 heterocycles. The largest absolute Gasteiger partial charge is 0.490 e. The highest BCUT2D eigenvalue weighted by Gasteiger charge is 2.29. The number of hydrogen-bond donors (Lipinski definition) is 1. The molecular weight excluding hydrogens is 254 g/mol. The lowest BCUT2D eigenvalue weighted by molar-refractivity contribution is 0.0605. The molecule has 5 heteroatoms. The highest BCUT2D eigenvalue weighted by atomic mass is 35.5. The molecule has 0 aromatic heterocycles. The summed E-state index contributed by atoms with van der Waals surface area (Å²) in [6.07, 6.45) is 0.651. The van der Waals surface area contributed by atoms with E-state index in [4.69, 9.17) is 21.4 Å². The Hall–Kier alpha value is -1.42. The molecule has 1 N–H and O–H groups in total. The molecule has 0 radical (unpaired) electrons. The van der Waals surface area contributed by atoms with Gasteiger partial charge in [-0.15, -0.1) is 0 Å². The Morgan fingerprint density at radius 2 is 2.11 bits per heavy atom. The standard InChI is InChI=1S/C13H16ClNO3/c1-9-8-12(6-7-15(9)13(16)17)18-11-4-2-10(14)3-5-11/h2-5,9,12H,6-8H2,1H3,(H,16,17). The van der Waals surface area contributed by atoms with E-state index in [1.807, 2.05) is 19.1 Å². The van der Waals surface area contributed by atoms with Crippen molar-refractivity contribution in [3.8, 4) is 5.75 Å². The molecule has 1 saturated heterocycles. The van der Waals surface area contributed by atoms with Gasteiger partial charge in [0.2, 0.25) is 0 Å². The number of carbonyl (C=O) groups is 1. The van der Waals surface area contributed by atoms with Gasteiger partial charge in [0.05, 0.1) is 0 Å². The molecule has 1 aliphatic rings. The third-order valence-corrected chi connectivity index (χ3v) is 3.44. The Morgan fingerprint density at radius 3 is 2.67 bits per heavy atom. The van der Waals surface area contributed by atoms with E-state index < -0.39 is 6.09 Å². The second-order valence-electron chi connectivity index (χ2n) is 4.54. The van der Waals surface area contributed by atoms with Gasteiger partial charge >= 0.3 is 6.09 Å². The van der Waals surface area contributed by atoms with E-state index in [-0.39, 0.29) is 12.1 Å². The van der Waals surface area contributed by atoms with E-state index in [0.29, 0.717) is 11.6 Å². The van der Waals surface area contributed by atoms with Gasteiger partial charge in [-0.2, -0.15) is 0 Å². The van der Waals surface area contributed by atoms with Gasteiger partial charge in [0.15, 0.2) is 0 Å². The summed E-state index contributed by atoms with van der Waals surface area (Å²) >= 11 is 5.80. The van der Waals surface area contributed by atoms with Crippen LogP contribution in [0.2, 0.25) is 5.02 Å². The van der Waals surface area contributed by atoms with E-state index in [2.05, 4.69) is 0 Å². The second-order valence-corrected chi connectivity index (χ2v) is 4.98. The van der Waals surface area contributed by atoms with Crippen molar-refractivity contribution >= 4 is 17.7 Å². The van der Waals surface area contributed by atoms with E-state index in [0.717, 1.165) is 18.6 Å². The van der Waals surface area contributed by atoms with Gasteiger partial charge in [0, 0.05) is 30.5 Å². The van der Waals surface area contributed by atoms with Crippen molar-refractivity contribution in [3.05, 3.63) is 29.3 Å². The molecular formula is C13H16ClNO3. The molecule has 1 aliphatic heterocycles. The van der Waals surface area contributed by atoms with E-state index in [1.54, 1.807) is 12.1 Å². The fourth-order valence-corrected chi connectivity index (χ4v) is 2.35. The predicted octanol–water partition coefficient (Wildman–Crippen LogP) is 3.25. The van der Waals surface area contributed by atoms with Gasteiger partial charge in [-0.05, 0) is 31.2 Å². The zero-order valence-electron chi connectivity index (χ0n) is 10.2. The van der Waals surface area contributed by atoms with Crippen LogP contribution in [0.25, 0.3) is 0 Å². The first-order valence-electron chi connectivity index (χ1n) is 5.98. The fraction of sp³-hybridized carbons (Fsp3) is 0.462. The summed E-state index contributed by atoms with van der Waals surface area (Å²) in [7, 11) is 0. The maximum Gasteiger partial charge on any atom is 0.407 e. The summed E-state index contributed by atoms with van der Waals surface area (Å²) in [5, 5.41) is 9.66. The van der Waals surface area contributed by atoms with Crippen molar-refractivity contribution in [1.82, 2.24) is 4.90 Å². The van der Waals surface area contributed by atoms with Crippen molar-refractivity contribution in [2.75, 3.05) is 6.54 Å². The van der Waals surface area contributed by atoms with Gasteiger partial charge in [0.1, 0.15) is 11.9 Å². The first kappa shape index (κ1) is 13.0. The summed E-state index contributed by atoms with van der Waals surface area (Å²) < 4.78 is 5.83. The van der Waals surface area contributed by atoms with E-state index >= 15 is 0 Å². The van der Waals surface area contributed by atoms with Crippen LogP contribution in [0, 0.1) is 0 Å². The topological polar surface area (TPSA) is 49.8 Å². The Kier molecular flexibility index (Phi) is 3.97. The summed E-state index contributed by atoms with van der Waals surface area (Å²) in [4.78, 5) is 12.4. The number of hydrogen-bond acceptors (Lipinski definition) is 2. The van der Waals surface area contributed by atoms with Crippen molar-refractivity contribution < 1.29 is 14.6 Å². The Balaban J connectivity index is 1.93. The first-order valence-corrected chi connectivity index (χ1v) is 6.36. The molecule has 1 fully saturated rings. The number of likely N-dealkylation sites (tertiary alicyclic amines) is 1. The molecule has 4 nitrogen and oxygen atoms in total. The van der Waals surface area contributed by atoms with E-state index in [9.17, 15) is 4.79 Å². The van der Waals surface area contributed by atoms with Gasteiger partial charge in [0.25, 0.3) is 0 Å². The van der Waals surface area contributed by atoms with Crippen LogP contribution in [-0.2, 0) is 0 Å². The third kappa shape index (κ3) is 3.07. The lowest BCUT2D eigenvalue weighted by Crippen LogP contribution is -2.46. The quantitative estimate of drug-likeness (QED) is 0.897. The molecule has 2 unspecified atom stereocenters. The zero-order chi connectivity index (χ0) is 13.1. The van der Waals surface area contributed by atoms with E-state index in [1.165, 1.54) is 4.90 Å². The van der Waals surface area contributed by atoms with Gasteiger partial charge in [-0.1, -0.05) is 11.6 Å². The number of amides is 1. The highest BCUT2D eigenvalue weighted by Crippen LogP contribution is 2.23. The number of carboxylic acid groups (broad SMARTS) is 1. The van der Waals surface area contributed by atoms with Crippen molar-refractivity contribution in [3.63, 3.8) is 0 Å². The fourth-order valence-electron chi connectivity index (χ4n) is 2.23. The third-order valence-electron chi connectivity index (χ3n) is 3.19. The van der Waals surface area contributed by atoms with Crippen LogP contribution in [0.3, 0.4) is 0 Å². The highest BCUT2D eigenvalue weighted by molar-refractivity contribution is 6.30. The number of benzene rings is 1. The Labute approximate surface area is 111 Å². The average Bonchev–Trinajstić information content (AvgIpc) is 2.32. The smallest absolute Gasteiger partial charge is 0.407 e. The Morgan fingerprint density at radius 1 is 1.44 bits per heavy atom. The minimum atomic E-state index is -0.854. The van der Waals surface area contributed by atoms with Crippen LogP contribution in [0.1, 0.15) is 19.8 Å². The number of ether oxygens (including phenoxy) is 1. The molecule has 98 valence electrons. The van der Waals surface area contributed by atoms with Crippen LogP contribution in [-0.4, -0.2) is 34.8 Å². The maximum atomic E-state index is 10.9. The molecule has 0 spiro atoms. The Bertz CT molecular complexity index is 421.